The van der Waals surface area contributed by atoms with Gasteiger partial charge in [-0.2, -0.15) is 0 Å². The lowest BCUT2D eigenvalue weighted by atomic mass is 9.76. The molecular formula is C40H56N2O7S. The Morgan fingerprint density at radius 3 is 1.90 bits per heavy atom. The van der Waals surface area contributed by atoms with Gasteiger partial charge in [-0.05, 0) is 96.7 Å². The number of aromatic hydroxyl groups is 1. The van der Waals surface area contributed by atoms with Gasteiger partial charge in [0, 0.05) is 5.56 Å². The van der Waals surface area contributed by atoms with Crippen molar-refractivity contribution in [3.8, 4) is 17.2 Å². The molecule has 0 radical (unpaired) electrons. The zero-order chi connectivity index (χ0) is 37.1. The highest BCUT2D eigenvalue weighted by Gasteiger charge is 2.31. The summed E-state index contributed by atoms with van der Waals surface area (Å²) < 4.78 is 38.6. The summed E-state index contributed by atoms with van der Waals surface area (Å²) in [5, 5.41) is 12.2. The van der Waals surface area contributed by atoms with E-state index in [1.807, 2.05) is 12.1 Å². The van der Waals surface area contributed by atoms with E-state index in [0.717, 1.165) is 56.1 Å². The van der Waals surface area contributed by atoms with Crippen LogP contribution < -0.4 is 20.5 Å². The number of amides is 2. The Bertz CT molecular complexity index is 1670. The summed E-state index contributed by atoms with van der Waals surface area (Å²) in [7, 11) is -3.84. The van der Waals surface area contributed by atoms with Crippen molar-refractivity contribution in [2.24, 2.45) is 5.73 Å². The Labute approximate surface area is 298 Å². The molecule has 0 heterocycles. The summed E-state index contributed by atoms with van der Waals surface area (Å²) in [6, 6.07) is 17.1. The lowest BCUT2D eigenvalue weighted by molar-refractivity contribution is -0.137. The molecule has 0 fully saturated rings. The standard InChI is InChI=1S/C40H56N2O7S/c1-8-11-12-13-14-15-16-35(48-30-20-24-32(25-21-30)50(46,47)31-22-18-29(43)19-23-31)37(45)42-38(36(41)44)49-34-26-17-28(39(4,5)9-2)27-33(34)40(6,7)10-3/h17-27,35,38,43H,8-16H2,1-7H3,(H2,41,44)(H,42,45). The van der Waals surface area contributed by atoms with Crippen molar-refractivity contribution in [3.63, 3.8) is 0 Å². The molecule has 0 aliphatic carbocycles. The number of ether oxygens (including phenoxy) is 2. The van der Waals surface area contributed by atoms with E-state index in [-0.39, 0.29) is 26.4 Å². The van der Waals surface area contributed by atoms with Crippen molar-refractivity contribution in [1.29, 1.82) is 0 Å². The number of nitrogens with two attached hydrogens (primary N) is 1. The number of hydrogen-bond donors (Lipinski definition) is 3. The number of primary amides is 1. The molecule has 3 rings (SSSR count). The fourth-order valence-electron chi connectivity index (χ4n) is 5.46. The fourth-order valence-corrected chi connectivity index (χ4v) is 6.72. The van der Waals surface area contributed by atoms with Gasteiger partial charge in [0.15, 0.2) is 6.10 Å². The quantitative estimate of drug-likeness (QED) is 0.0794. The van der Waals surface area contributed by atoms with Crippen LogP contribution in [0.25, 0.3) is 0 Å². The number of sulfone groups is 1. The number of phenolic OH excluding ortho intramolecular Hbond substituents is 1. The highest BCUT2D eigenvalue weighted by Crippen LogP contribution is 2.39. The molecule has 0 saturated heterocycles. The third-order valence-corrected chi connectivity index (χ3v) is 11.5. The van der Waals surface area contributed by atoms with Gasteiger partial charge in [-0.25, -0.2) is 8.42 Å². The molecule has 2 atom stereocenters. The normalized spacial score (nSPS) is 13.3. The van der Waals surface area contributed by atoms with E-state index in [9.17, 15) is 23.1 Å². The Hall–Kier alpha value is -4.05. The molecule has 2 unspecified atom stereocenters. The summed E-state index contributed by atoms with van der Waals surface area (Å²) in [4.78, 5) is 26.6. The van der Waals surface area contributed by atoms with E-state index in [1.54, 1.807) is 0 Å². The van der Waals surface area contributed by atoms with Crippen molar-refractivity contribution in [2.75, 3.05) is 0 Å². The summed E-state index contributed by atoms with van der Waals surface area (Å²) in [5.41, 5.74) is 7.51. The van der Waals surface area contributed by atoms with E-state index in [0.29, 0.717) is 24.3 Å². The van der Waals surface area contributed by atoms with Gasteiger partial charge in [0.05, 0.1) is 9.79 Å². The molecule has 50 heavy (non-hydrogen) atoms. The molecule has 0 saturated carbocycles. The first-order valence-corrected chi connectivity index (χ1v) is 19.3. The molecule has 2 amide bonds. The van der Waals surface area contributed by atoms with Gasteiger partial charge in [-0.1, -0.05) is 92.7 Å². The Balaban J connectivity index is 1.86. The minimum atomic E-state index is -3.84. The summed E-state index contributed by atoms with van der Waals surface area (Å²) in [6.07, 6.45) is 5.69. The number of carbonyl (C=O) groups is 2. The predicted octanol–water partition coefficient (Wildman–Crippen LogP) is 8.10. The Morgan fingerprint density at radius 1 is 0.780 bits per heavy atom. The maximum Gasteiger partial charge on any atom is 0.280 e. The third-order valence-electron chi connectivity index (χ3n) is 9.71. The van der Waals surface area contributed by atoms with Crippen molar-refractivity contribution < 1.29 is 32.6 Å². The van der Waals surface area contributed by atoms with Crippen LogP contribution in [0.1, 0.15) is 117 Å². The number of nitrogens with one attached hydrogen (secondary N) is 1. The van der Waals surface area contributed by atoms with Gasteiger partial charge < -0.3 is 25.6 Å². The van der Waals surface area contributed by atoms with Crippen LogP contribution in [0.15, 0.2) is 76.5 Å². The molecular weight excluding hydrogens is 653 g/mol. The number of benzene rings is 3. The fraction of sp³-hybridized carbons (Fsp3) is 0.500. The number of hydrogen-bond acceptors (Lipinski definition) is 7. The molecule has 274 valence electrons. The molecule has 4 N–H and O–H groups in total. The van der Waals surface area contributed by atoms with E-state index >= 15 is 0 Å². The highest BCUT2D eigenvalue weighted by atomic mass is 32.2. The molecule has 3 aromatic carbocycles. The number of rotatable bonds is 20. The Morgan fingerprint density at radius 2 is 1.34 bits per heavy atom. The maximum absolute atomic E-state index is 13.8. The molecule has 0 aliphatic rings. The topological polar surface area (TPSA) is 145 Å². The van der Waals surface area contributed by atoms with Gasteiger partial charge in [0.25, 0.3) is 18.0 Å². The van der Waals surface area contributed by atoms with E-state index < -0.39 is 34.0 Å². The maximum atomic E-state index is 13.8. The van der Waals surface area contributed by atoms with Gasteiger partial charge >= 0.3 is 0 Å². The molecule has 0 aliphatic heterocycles. The monoisotopic (exact) mass is 708 g/mol. The zero-order valence-corrected chi connectivity index (χ0v) is 31.6. The van der Waals surface area contributed by atoms with Crippen LogP contribution in [-0.4, -0.2) is 37.7 Å². The first-order chi connectivity index (χ1) is 23.5. The van der Waals surface area contributed by atoms with Crippen molar-refractivity contribution in [1.82, 2.24) is 5.32 Å². The van der Waals surface area contributed by atoms with E-state index in [4.69, 9.17) is 15.2 Å². The van der Waals surface area contributed by atoms with Crippen LogP contribution >= 0.6 is 0 Å². The van der Waals surface area contributed by atoms with E-state index in [1.165, 1.54) is 48.5 Å². The molecule has 0 bridgehead atoms. The lowest BCUT2D eigenvalue weighted by Gasteiger charge is -2.31. The van der Waals surface area contributed by atoms with Crippen LogP contribution in [0.4, 0.5) is 0 Å². The van der Waals surface area contributed by atoms with Crippen molar-refractivity contribution >= 4 is 21.7 Å². The van der Waals surface area contributed by atoms with Crippen LogP contribution in [-0.2, 0) is 30.3 Å². The average Bonchev–Trinajstić information content (AvgIpc) is 3.09. The average molecular weight is 709 g/mol. The first kappa shape index (κ1) is 40.4. The lowest BCUT2D eigenvalue weighted by Crippen LogP contribution is -2.52. The van der Waals surface area contributed by atoms with Gasteiger partial charge in [0.1, 0.15) is 17.2 Å². The first-order valence-electron chi connectivity index (χ1n) is 17.8. The largest absolute Gasteiger partial charge is 0.508 e. The second-order valence-corrected chi connectivity index (χ2v) is 16.2. The minimum absolute atomic E-state index is 0.0359. The van der Waals surface area contributed by atoms with Gasteiger partial charge in [-0.15, -0.1) is 0 Å². The summed E-state index contributed by atoms with van der Waals surface area (Å²) >= 11 is 0. The number of carbonyl (C=O) groups excluding carboxylic acids is 2. The predicted molar refractivity (Wildman–Crippen MR) is 197 cm³/mol. The van der Waals surface area contributed by atoms with Gasteiger partial charge in [0.2, 0.25) is 9.84 Å². The van der Waals surface area contributed by atoms with Crippen molar-refractivity contribution in [2.45, 2.75) is 139 Å². The minimum Gasteiger partial charge on any atom is -0.508 e. The molecule has 0 spiro atoms. The summed E-state index contributed by atoms with van der Waals surface area (Å²) in [5.74, 6) is -0.693. The molecule has 9 nitrogen and oxygen atoms in total. The van der Waals surface area contributed by atoms with E-state index in [2.05, 4.69) is 59.8 Å². The molecule has 10 heteroatoms. The second-order valence-electron chi connectivity index (χ2n) is 14.2. The Kier molecular flexibility index (Phi) is 14.3. The van der Waals surface area contributed by atoms with Crippen LogP contribution in [0.2, 0.25) is 0 Å². The highest BCUT2D eigenvalue weighted by molar-refractivity contribution is 7.91. The SMILES string of the molecule is CCCCCCCCC(Oc1ccc(S(=O)(=O)c2ccc(O)cc2)cc1)C(=O)NC(Oc1ccc(C(C)(C)CC)cc1C(C)(C)CC)C(N)=O. The number of phenols is 1. The molecule has 3 aromatic rings. The summed E-state index contributed by atoms with van der Waals surface area (Å²) in [6.45, 7) is 15.0. The van der Waals surface area contributed by atoms with Crippen molar-refractivity contribution in [3.05, 3.63) is 77.9 Å². The number of unbranched alkanes of at least 4 members (excludes halogenated alkanes) is 5. The smallest absolute Gasteiger partial charge is 0.280 e. The third kappa shape index (κ3) is 10.7. The van der Waals surface area contributed by atoms with Gasteiger partial charge in [-0.3, -0.25) is 9.59 Å². The molecule has 0 aromatic heterocycles. The van der Waals surface area contributed by atoms with Crippen LogP contribution in [0.5, 0.6) is 17.2 Å². The second kappa shape index (κ2) is 17.7. The zero-order valence-electron chi connectivity index (χ0n) is 30.8. The van der Waals surface area contributed by atoms with Crippen LogP contribution in [0.3, 0.4) is 0 Å². The van der Waals surface area contributed by atoms with Crippen LogP contribution in [0, 0.1) is 0 Å².